The van der Waals surface area contributed by atoms with Crippen LogP contribution in [-0.4, -0.2) is 28.8 Å². The lowest BCUT2D eigenvalue weighted by Gasteiger charge is -2.08. The van der Waals surface area contributed by atoms with Crippen LogP contribution in [0.15, 0.2) is 24.3 Å². The van der Waals surface area contributed by atoms with Crippen LogP contribution in [-0.2, 0) is 6.42 Å². The van der Waals surface area contributed by atoms with E-state index in [1.54, 1.807) is 0 Å². The van der Waals surface area contributed by atoms with Crippen LogP contribution < -0.4 is 10.1 Å². The van der Waals surface area contributed by atoms with Gasteiger partial charge >= 0.3 is 0 Å². The summed E-state index contributed by atoms with van der Waals surface area (Å²) in [5.74, 6) is 0.772. The molecule has 0 aliphatic carbocycles. The number of rotatable bonds is 7. The zero-order chi connectivity index (χ0) is 16.8. The van der Waals surface area contributed by atoms with Crippen molar-refractivity contribution in [3.8, 4) is 5.75 Å². The maximum atomic E-state index is 12.4. The molecule has 0 saturated heterocycles. The van der Waals surface area contributed by atoms with E-state index >= 15 is 0 Å². The Bertz CT molecular complexity index is 660. The van der Waals surface area contributed by atoms with E-state index in [0.717, 1.165) is 35.7 Å². The van der Waals surface area contributed by atoms with Crippen molar-refractivity contribution in [2.24, 2.45) is 0 Å². The summed E-state index contributed by atoms with van der Waals surface area (Å²) in [5.41, 5.74) is 3.96. The number of nitrogens with zero attached hydrogens (tertiary/aromatic N) is 2. The Morgan fingerprint density at radius 1 is 1.22 bits per heavy atom. The van der Waals surface area contributed by atoms with E-state index in [1.165, 1.54) is 10.2 Å². The Hall–Kier alpha value is -2.30. The van der Waals surface area contributed by atoms with Crippen molar-refractivity contribution in [2.45, 2.75) is 40.5 Å². The minimum absolute atomic E-state index is 0.0539. The van der Waals surface area contributed by atoms with Crippen molar-refractivity contribution in [2.75, 3.05) is 18.5 Å². The Labute approximate surface area is 137 Å². The molecule has 5 nitrogen and oxygen atoms in total. The molecule has 0 atom stereocenters. The van der Waals surface area contributed by atoms with Gasteiger partial charge in [0.2, 0.25) is 0 Å². The molecule has 1 heterocycles. The van der Waals surface area contributed by atoms with Gasteiger partial charge in [0.15, 0.2) is 0 Å². The van der Waals surface area contributed by atoms with Gasteiger partial charge in [-0.1, -0.05) is 13.3 Å². The molecular formula is C18H25N3O2. The van der Waals surface area contributed by atoms with Gasteiger partial charge in [0.25, 0.3) is 5.91 Å². The third-order valence-corrected chi connectivity index (χ3v) is 3.79. The zero-order valence-electron chi connectivity index (χ0n) is 14.3. The second kappa shape index (κ2) is 7.81. The molecule has 0 spiro atoms. The van der Waals surface area contributed by atoms with Gasteiger partial charge in [0, 0.05) is 11.4 Å². The molecule has 1 aromatic heterocycles. The summed E-state index contributed by atoms with van der Waals surface area (Å²) >= 11 is 0. The maximum Gasteiger partial charge on any atom is 0.266 e. The van der Waals surface area contributed by atoms with Crippen LogP contribution in [0.2, 0.25) is 0 Å². The van der Waals surface area contributed by atoms with E-state index in [-0.39, 0.29) is 12.5 Å². The third-order valence-electron chi connectivity index (χ3n) is 3.79. The molecule has 0 bridgehead atoms. The zero-order valence-corrected chi connectivity index (χ0v) is 14.3. The molecule has 0 amide bonds. The molecule has 0 fully saturated rings. The van der Waals surface area contributed by atoms with Crippen LogP contribution >= 0.6 is 0 Å². The number of aryl methyl sites for hydroxylation is 1. The molecule has 2 rings (SSSR count). The van der Waals surface area contributed by atoms with Crippen LogP contribution in [0.4, 0.5) is 5.69 Å². The Kier molecular flexibility index (Phi) is 5.79. The van der Waals surface area contributed by atoms with E-state index in [2.05, 4.69) is 17.3 Å². The first kappa shape index (κ1) is 17.1. The fraction of sp³-hybridized carbons (Fsp3) is 0.444. The second-order valence-corrected chi connectivity index (χ2v) is 5.52. The first-order valence-electron chi connectivity index (χ1n) is 8.11. The highest BCUT2D eigenvalue weighted by molar-refractivity contribution is 5.83. The number of hydrogen-bond acceptors (Lipinski definition) is 4. The van der Waals surface area contributed by atoms with Crippen molar-refractivity contribution in [1.29, 1.82) is 0 Å². The van der Waals surface area contributed by atoms with Crippen molar-refractivity contribution in [1.82, 2.24) is 9.78 Å². The minimum atomic E-state index is -0.0539. The van der Waals surface area contributed by atoms with Gasteiger partial charge in [-0.15, -0.1) is 0 Å². The molecule has 5 heteroatoms. The van der Waals surface area contributed by atoms with E-state index in [4.69, 9.17) is 4.74 Å². The van der Waals surface area contributed by atoms with E-state index < -0.39 is 0 Å². The SMILES string of the molecule is CCCc1c(C)nn(C(=O)CNc2ccc(OCC)cc2)c1C. The summed E-state index contributed by atoms with van der Waals surface area (Å²) in [5, 5.41) is 7.52. The number of benzene rings is 1. The van der Waals surface area contributed by atoms with E-state index in [0.29, 0.717) is 6.61 Å². The Balaban J connectivity index is 2.01. The monoisotopic (exact) mass is 315 g/mol. The molecule has 0 unspecified atom stereocenters. The molecule has 23 heavy (non-hydrogen) atoms. The van der Waals surface area contributed by atoms with E-state index in [1.807, 2.05) is 45.0 Å². The fourth-order valence-electron chi connectivity index (χ4n) is 2.62. The summed E-state index contributed by atoms with van der Waals surface area (Å²) in [7, 11) is 0. The number of nitrogens with one attached hydrogen (secondary N) is 1. The largest absolute Gasteiger partial charge is 0.494 e. The molecule has 0 radical (unpaired) electrons. The lowest BCUT2D eigenvalue weighted by molar-refractivity contribution is 0.0910. The molecule has 2 aromatic rings. The fourth-order valence-corrected chi connectivity index (χ4v) is 2.62. The van der Waals surface area contributed by atoms with Gasteiger partial charge in [-0.3, -0.25) is 4.79 Å². The predicted molar refractivity (Wildman–Crippen MR) is 92.4 cm³/mol. The standard InChI is InChI=1S/C18H25N3O2/c1-5-7-17-13(3)20-21(14(17)4)18(22)12-19-15-8-10-16(11-9-15)23-6-2/h8-11,19H,5-7,12H2,1-4H3. The number of carbonyl (C=O) groups is 1. The third kappa shape index (κ3) is 4.12. The number of anilines is 1. The molecule has 0 aliphatic rings. The summed E-state index contributed by atoms with van der Waals surface area (Å²) in [6, 6.07) is 7.59. The Morgan fingerprint density at radius 3 is 2.52 bits per heavy atom. The van der Waals surface area contributed by atoms with Gasteiger partial charge in [-0.05, 0) is 57.0 Å². The van der Waals surface area contributed by atoms with Crippen molar-refractivity contribution >= 4 is 11.6 Å². The highest BCUT2D eigenvalue weighted by atomic mass is 16.5. The Morgan fingerprint density at radius 2 is 1.91 bits per heavy atom. The smallest absolute Gasteiger partial charge is 0.266 e. The van der Waals surface area contributed by atoms with Crippen LogP contribution in [0.1, 0.15) is 42.0 Å². The predicted octanol–water partition coefficient (Wildman–Crippen LogP) is 3.60. The van der Waals surface area contributed by atoms with Crippen LogP contribution in [0.3, 0.4) is 0 Å². The normalized spacial score (nSPS) is 10.6. The number of carbonyl (C=O) groups excluding carboxylic acids is 1. The first-order chi connectivity index (χ1) is 11.1. The number of ether oxygens (including phenoxy) is 1. The molecule has 1 N–H and O–H groups in total. The highest BCUT2D eigenvalue weighted by Crippen LogP contribution is 2.17. The van der Waals surface area contributed by atoms with Crippen molar-refractivity contribution in [3.05, 3.63) is 41.2 Å². The van der Waals surface area contributed by atoms with Gasteiger partial charge in [-0.2, -0.15) is 5.10 Å². The molecular weight excluding hydrogens is 290 g/mol. The summed E-state index contributed by atoms with van der Waals surface area (Å²) in [6.45, 7) is 8.85. The molecule has 0 saturated carbocycles. The second-order valence-electron chi connectivity index (χ2n) is 5.52. The van der Waals surface area contributed by atoms with Crippen LogP contribution in [0, 0.1) is 13.8 Å². The lowest BCUT2D eigenvalue weighted by atomic mass is 10.1. The highest BCUT2D eigenvalue weighted by Gasteiger charge is 2.15. The molecule has 0 aliphatic heterocycles. The average molecular weight is 315 g/mol. The van der Waals surface area contributed by atoms with Gasteiger partial charge in [0.1, 0.15) is 5.75 Å². The summed E-state index contributed by atoms with van der Waals surface area (Å²) in [6.07, 6.45) is 2.00. The summed E-state index contributed by atoms with van der Waals surface area (Å²) in [4.78, 5) is 12.4. The summed E-state index contributed by atoms with van der Waals surface area (Å²) < 4.78 is 6.92. The van der Waals surface area contributed by atoms with Gasteiger partial charge < -0.3 is 10.1 Å². The molecule has 1 aromatic carbocycles. The van der Waals surface area contributed by atoms with Gasteiger partial charge in [-0.25, -0.2) is 4.68 Å². The number of hydrogen-bond donors (Lipinski definition) is 1. The lowest BCUT2D eigenvalue weighted by Crippen LogP contribution is -2.23. The van der Waals surface area contributed by atoms with Crippen LogP contribution in [0.5, 0.6) is 5.75 Å². The molecule has 124 valence electrons. The van der Waals surface area contributed by atoms with Gasteiger partial charge in [0.05, 0.1) is 18.8 Å². The minimum Gasteiger partial charge on any atom is -0.494 e. The van der Waals surface area contributed by atoms with E-state index in [9.17, 15) is 4.79 Å². The van der Waals surface area contributed by atoms with Crippen molar-refractivity contribution in [3.63, 3.8) is 0 Å². The maximum absolute atomic E-state index is 12.4. The topological polar surface area (TPSA) is 56.2 Å². The first-order valence-corrected chi connectivity index (χ1v) is 8.11. The van der Waals surface area contributed by atoms with Crippen LogP contribution in [0.25, 0.3) is 0 Å². The van der Waals surface area contributed by atoms with Crippen molar-refractivity contribution < 1.29 is 9.53 Å². The average Bonchev–Trinajstić information content (AvgIpc) is 2.83. The number of aromatic nitrogens is 2. The quantitative estimate of drug-likeness (QED) is 0.848.